The van der Waals surface area contributed by atoms with E-state index in [9.17, 15) is 8.42 Å². The Bertz CT molecular complexity index is 1280. The van der Waals surface area contributed by atoms with Crippen molar-refractivity contribution in [3.8, 4) is 5.75 Å². The molecule has 8 nitrogen and oxygen atoms in total. The number of allylic oxidation sites excluding steroid dienone is 1. The summed E-state index contributed by atoms with van der Waals surface area (Å²) in [6.07, 6.45) is 2.76. The van der Waals surface area contributed by atoms with Gasteiger partial charge in [0.15, 0.2) is 0 Å². The van der Waals surface area contributed by atoms with Crippen molar-refractivity contribution in [1.82, 2.24) is 15.6 Å². The van der Waals surface area contributed by atoms with Crippen LogP contribution < -0.4 is 10.2 Å². The minimum Gasteiger partial charge on any atom is -0.493 e. The summed E-state index contributed by atoms with van der Waals surface area (Å²) in [4.78, 5) is 0.170. The van der Waals surface area contributed by atoms with Crippen LogP contribution in [0.1, 0.15) is 18.9 Å². The number of ether oxygens (including phenoxy) is 2. The van der Waals surface area contributed by atoms with Gasteiger partial charge in [0, 0.05) is 32.7 Å². The van der Waals surface area contributed by atoms with Crippen LogP contribution in [-0.2, 0) is 25.5 Å². The highest BCUT2D eigenvalue weighted by atomic mass is 32.2. The molecule has 1 N–H and O–H groups in total. The molecule has 1 aliphatic heterocycles. The molecular formula is C26H31N3O5S. The molecule has 0 radical (unpaired) electrons. The first-order valence-corrected chi connectivity index (χ1v) is 13.0. The van der Waals surface area contributed by atoms with Crippen LogP contribution in [0.15, 0.2) is 83.5 Å². The minimum absolute atomic E-state index is 0.0378. The molecule has 0 unspecified atom stereocenters. The summed E-state index contributed by atoms with van der Waals surface area (Å²) < 4.78 is 42.4. The standard InChI is InChI=1S/C26H31N3O5S/c1-3-32-20-29-19-24(27-28(29)2)17-23-11-6-7-12-26(23)35(30,31)34-16-8-15-33-25-14-13-21-9-4-5-10-22(21)18-25/h4-7,9-14,18-19,27H,3,8,15-17,20H2,1-2H3. The lowest BCUT2D eigenvalue weighted by atomic mass is 10.1. The van der Waals surface area contributed by atoms with Crippen molar-refractivity contribution < 1.29 is 22.1 Å². The largest absolute Gasteiger partial charge is 0.493 e. The summed E-state index contributed by atoms with van der Waals surface area (Å²) in [5, 5.41) is 5.92. The van der Waals surface area contributed by atoms with Crippen molar-refractivity contribution >= 4 is 20.9 Å². The zero-order valence-electron chi connectivity index (χ0n) is 20.0. The second kappa shape index (κ2) is 11.5. The van der Waals surface area contributed by atoms with Gasteiger partial charge in [0.2, 0.25) is 0 Å². The molecule has 0 amide bonds. The molecule has 1 aliphatic rings. The molecule has 0 aliphatic carbocycles. The highest BCUT2D eigenvalue weighted by Gasteiger charge is 2.23. The van der Waals surface area contributed by atoms with Gasteiger partial charge in [0.05, 0.1) is 23.8 Å². The molecule has 0 fully saturated rings. The van der Waals surface area contributed by atoms with Gasteiger partial charge in [-0.3, -0.25) is 9.19 Å². The maximum absolute atomic E-state index is 12.9. The highest BCUT2D eigenvalue weighted by molar-refractivity contribution is 7.86. The van der Waals surface area contributed by atoms with Crippen molar-refractivity contribution in [2.75, 3.05) is 33.6 Å². The summed E-state index contributed by atoms with van der Waals surface area (Å²) >= 11 is 0. The van der Waals surface area contributed by atoms with Gasteiger partial charge >= 0.3 is 0 Å². The van der Waals surface area contributed by atoms with E-state index in [0.29, 0.717) is 38.3 Å². The van der Waals surface area contributed by atoms with E-state index in [2.05, 4.69) is 5.43 Å². The lowest BCUT2D eigenvalue weighted by Crippen LogP contribution is -2.40. The molecule has 0 spiro atoms. The zero-order valence-corrected chi connectivity index (χ0v) is 20.8. The average Bonchev–Trinajstić information content (AvgIpc) is 3.21. The maximum Gasteiger partial charge on any atom is 0.297 e. The second-order valence-corrected chi connectivity index (χ2v) is 9.71. The Morgan fingerprint density at radius 3 is 2.54 bits per heavy atom. The van der Waals surface area contributed by atoms with Crippen LogP contribution in [0, 0.1) is 0 Å². The van der Waals surface area contributed by atoms with Crippen LogP contribution >= 0.6 is 0 Å². The molecule has 3 aromatic rings. The molecule has 3 aromatic carbocycles. The molecule has 9 heteroatoms. The van der Waals surface area contributed by atoms with E-state index in [1.807, 2.05) is 73.7 Å². The number of hydrazine groups is 2. The van der Waals surface area contributed by atoms with E-state index < -0.39 is 10.1 Å². The quantitative estimate of drug-likeness (QED) is 0.296. The first kappa shape index (κ1) is 25.0. The van der Waals surface area contributed by atoms with Crippen LogP contribution in [0.25, 0.3) is 10.8 Å². The lowest BCUT2D eigenvalue weighted by molar-refractivity contribution is -0.0598. The molecule has 0 bridgehead atoms. The summed E-state index contributed by atoms with van der Waals surface area (Å²) in [6, 6.07) is 20.8. The number of rotatable bonds is 12. The fraction of sp³-hybridized carbons (Fsp3) is 0.308. The molecule has 0 aromatic heterocycles. The molecule has 0 saturated carbocycles. The Hall–Kier alpha value is -3.11. The molecule has 0 saturated heterocycles. The summed E-state index contributed by atoms with van der Waals surface area (Å²) in [5.74, 6) is 0.748. The number of hydrogen-bond acceptors (Lipinski definition) is 8. The number of nitrogens with one attached hydrogen (secondary N) is 1. The predicted molar refractivity (Wildman–Crippen MR) is 135 cm³/mol. The molecule has 4 rings (SSSR count). The van der Waals surface area contributed by atoms with Gasteiger partial charge in [-0.25, -0.2) is 0 Å². The van der Waals surface area contributed by atoms with E-state index in [1.165, 1.54) is 0 Å². The summed E-state index contributed by atoms with van der Waals surface area (Å²) in [5.41, 5.74) is 4.73. The lowest BCUT2D eigenvalue weighted by Gasteiger charge is -2.23. The third-order valence-electron chi connectivity index (χ3n) is 5.56. The minimum atomic E-state index is -3.91. The van der Waals surface area contributed by atoms with Gasteiger partial charge in [-0.2, -0.15) is 8.42 Å². The van der Waals surface area contributed by atoms with E-state index in [-0.39, 0.29) is 11.5 Å². The third-order valence-corrected chi connectivity index (χ3v) is 6.98. The summed E-state index contributed by atoms with van der Waals surface area (Å²) in [7, 11) is -2.04. The van der Waals surface area contributed by atoms with E-state index >= 15 is 0 Å². The van der Waals surface area contributed by atoms with Crippen LogP contribution in [-0.4, -0.2) is 52.1 Å². The molecule has 0 atom stereocenters. The van der Waals surface area contributed by atoms with Crippen LogP contribution in [0.4, 0.5) is 0 Å². The summed E-state index contributed by atoms with van der Waals surface area (Å²) in [6.45, 7) is 3.35. The topological polar surface area (TPSA) is 80.3 Å². The van der Waals surface area contributed by atoms with Gasteiger partial charge in [0.25, 0.3) is 10.1 Å². The molecule has 186 valence electrons. The Labute approximate surface area is 206 Å². The Balaban J connectivity index is 1.31. The second-order valence-electron chi connectivity index (χ2n) is 8.12. The van der Waals surface area contributed by atoms with Gasteiger partial charge < -0.3 is 14.9 Å². The van der Waals surface area contributed by atoms with Crippen molar-refractivity contribution in [1.29, 1.82) is 0 Å². The van der Waals surface area contributed by atoms with Crippen LogP contribution in [0.3, 0.4) is 0 Å². The van der Waals surface area contributed by atoms with Crippen molar-refractivity contribution in [3.63, 3.8) is 0 Å². The Morgan fingerprint density at radius 1 is 0.943 bits per heavy atom. The van der Waals surface area contributed by atoms with Crippen LogP contribution in [0.2, 0.25) is 0 Å². The van der Waals surface area contributed by atoms with Crippen LogP contribution in [0.5, 0.6) is 5.75 Å². The SMILES string of the molecule is CCOCN1C=C(Cc2ccccc2S(=O)(=O)OCCCOc2ccc3ccccc3c2)NN1C. The number of nitrogens with zero attached hydrogens (tertiary/aromatic N) is 2. The highest BCUT2D eigenvalue weighted by Crippen LogP contribution is 2.23. The number of fused-ring (bicyclic) bond motifs is 1. The average molecular weight is 498 g/mol. The molecular weight excluding hydrogens is 466 g/mol. The van der Waals surface area contributed by atoms with Gasteiger partial charge in [0.1, 0.15) is 12.5 Å². The van der Waals surface area contributed by atoms with Crippen molar-refractivity contribution in [3.05, 3.63) is 84.2 Å². The normalized spacial score (nSPS) is 14.2. The first-order chi connectivity index (χ1) is 17.0. The van der Waals surface area contributed by atoms with Gasteiger partial charge in [-0.15, -0.1) is 5.12 Å². The van der Waals surface area contributed by atoms with Crippen molar-refractivity contribution in [2.45, 2.75) is 24.7 Å². The Kier molecular flexibility index (Phi) is 8.25. The first-order valence-electron chi connectivity index (χ1n) is 11.6. The molecule has 1 heterocycles. The van der Waals surface area contributed by atoms with Gasteiger partial charge in [-0.05, 0) is 41.5 Å². The smallest absolute Gasteiger partial charge is 0.297 e. The third kappa shape index (κ3) is 6.52. The van der Waals surface area contributed by atoms with E-state index in [0.717, 1.165) is 22.2 Å². The fourth-order valence-electron chi connectivity index (χ4n) is 3.80. The zero-order chi connectivity index (χ0) is 24.7. The van der Waals surface area contributed by atoms with Gasteiger partial charge in [-0.1, -0.05) is 48.5 Å². The number of benzene rings is 3. The van der Waals surface area contributed by atoms with E-state index in [1.54, 1.807) is 23.3 Å². The fourth-order valence-corrected chi connectivity index (χ4v) is 4.97. The predicted octanol–water partition coefficient (Wildman–Crippen LogP) is 4.06. The van der Waals surface area contributed by atoms with Crippen molar-refractivity contribution in [2.24, 2.45) is 0 Å². The Morgan fingerprint density at radius 2 is 1.71 bits per heavy atom. The molecule has 35 heavy (non-hydrogen) atoms. The van der Waals surface area contributed by atoms with E-state index in [4.69, 9.17) is 13.7 Å². The number of hydrogen-bond donors (Lipinski definition) is 1. The maximum atomic E-state index is 12.9. The monoisotopic (exact) mass is 497 g/mol.